The highest BCUT2D eigenvalue weighted by atomic mass is 32.2. The molecule has 0 bridgehead atoms. The molecule has 2 aromatic rings. The largest absolute Gasteiger partial charge is 0.279 e. The van der Waals surface area contributed by atoms with Crippen molar-refractivity contribution < 1.29 is 8.42 Å². The first-order chi connectivity index (χ1) is 11.1. The lowest BCUT2D eigenvalue weighted by molar-refractivity contribution is 0.278. The van der Waals surface area contributed by atoms with Crippen molar-refractivity contribution in [1.82, 2.24) is 23.8 Å². The van der Waals surface area contributed by atoms with E-state index in [0.717, 1.165) is 18.4 Å². The van der Waals surface area contributed by atoms with Crippen molar-refractivity contribution in [3.8, 4) is 5.82 Å². The van der Waals surface area contributed by atoms with Gasteiger partial charge in [-0.3, -0.25) is 0 Å². The first-order valence-corrected chi connectivity index (χ1v) is 9.19. The van der Waals surface area contributed by atoms with E-state index in [4.69, 9.17) is 0 Å². The number of hydrogen-bond acceptors (Lipinski definition) is 4. The van der Waals surface area contributed by atoms with Gasteiger partial charge in [-0.2, -0.15) is 22.5 Å². The van der Waals surface area contributed by atoms with Crippen LogP contribution in [0.15, 0.2) is 36.8 Å². The van der Waals surface area contributed by atoms with Crippen LogP contribution in [0.25, 0.3) is 5.82 Å². The number of nitrogens with zero attached hydrogens (tertiary/aromatic N) is 4. The van der Waals surface area contributed by atoms with Crippen molar-refractivity contribution in [2.45, 2.75) is 26.3 Å². The summed E-state index contributed by atoms with van der Waals surface area (Å²) in [5.74, 6) is 1.03. The van der Waals surface area contributed by atoms with Gasteiger partial charge in [0.15, 0.2) is 5.82 Å². The minimum atomic E-state index is -3.47. The Balaban J connectivity index is 1.73. The quantitative estimate of drug-likeness (QED) is 0.894. The van der Waals surface area contributed by atoms with Crippen LogP contribution in [0.1, 0.15) is 25.3 Å². The lowest BCUT2D eigenvalue weighted by Gasteiger charge is -2.30. The molecule has 0 saturated carbocycles. The second-order valence-corrected chi connectivity index (χ2v) is 7.62. The minimum absolute atomic E-state index is 0.191. The number of hydrogen-bond donors (Lipinski definition) is 1. The third-order valence-corrected chi connectivity index (χ3v) is 5.51. The monoisotopic (exact) mass is 335 g/mol. The van der Waals surface area contributed by atoms with E-state index in [0.29, 0.717) is 24.8 Å². The fourth-order valence-electron chi connectivity index (χ4n) is 2.79. The molecule has 1 saturated heterocycles. The van der Waals surface area contributed by atoms with Gasteiger partial charge in [0.1, 0.15) is 0 Å². The standard InChI is InChI=1S/C15H21N5O2S/c1-13-5-3-9-19(12-13)23(21,22)18-11-14-6-2-7-16-15(14)20-10-4-8-17-20/h2,4,6-8,10,13,18H,3,5,9,11-12H2,1H3. The average Bonchev–Trinajstić information content (AvgIpc) is 3.08. The van der Waals surface area contributed by atoms with Gasteiger partial charge in [0, 0.05) is 43.8 Å². The number of nitrogens with one attached hydrogen (secondary N) is 1. The fraction of sp³-hybridized carbons (Fsp3) is 0.467. The van der Waals surface area contributed by atoms with Crippen LogP contribution in [0.2, 0.25) is 0 Å². The molecule has 2 aromatic heterocycles. The molecule has 124 valence electrons. The summed E-state index contributed by atoms with van der Waals surface area (Å²) in [7, 11) is -3.47. The van der Waals surface area contributed by atoms with E-state index < -0.39 is 10.2 Å². The van der Waals surface area contributed by atoms with Gasteiger partial charge in [-0.05, 0) is 30.9 Å². The predicted molar refractivity (Wildman–Crippen MR) is 87.1 cm³/mol. The maximum absolute atomic E-state index is 12.5. The fourth-order valence-corrected chi connectivity index (χ4v) is 4.13. The molecule has 0 aromatic carbocycles. The molecule has 8 heteroatoms. The van der Waals surface area contributed by atoms with Crippen molar-refractivity contribution in [3.05, 3.63) is 42.4 Å². The van der Waals surface area contributed by atoms with Crippen LogP contribution >= 0.6 is 0 Å². The van der Waals surface area contributed by atoms with Crippen molar-refractivity contribution in [2.24, 2.45) is 5.92 Å². The summed E-state index contributed by atoms with van der Waals surface area (Å²) < 4.78 is 30.8. The van der Waals surface area contributed by atoms with Crippen LogP contribution in [-0.4, -0.2) is 40.6 Å². The second kappa shape index (κ2) is 6.77. The van der Waals surface area contributed by atoms with Gasteiger partial charge in [0.05, 0.1) is 0 Å². The van der Waals surface area contributed by atoms with Crippen LogP contribution in [0.5, 0.6) is 0 Å². The summed E-state index contributed by atoms with van der Waals surface area (Å²) in [4.78, 5) is 4.30. The Kier molecular flexibility index (Phi) is 4.74. The average molecular weight is 335 g/mol. The van der Waals surface area contributed by atoms with Crippen LogP contribution in [0.4, 0.5) is 0 Å². The first kappa shape index (κ1) is 16.1. The van der Waals surface area contributed by atoms with Gasteiger partial charge in [0.25, 0.3) is 10.2 Å². The van der Waals surface area contributed by atoms with Gasteiger partial charge in [-0.15, -0.1) is 0 Å². The highest BCUT2D eigenvalue weighted by Gasteiger charge is 2.26. The van der Waals surface area contributed by atoms with Crippen LogP contribution < -0.4 is 4.72 Å². The summed E-state index contributed by atoms with van der Waals surface area (Å²) in [6.45, 7) is 3.43. The smallest absolute Gasteiger partial charge is 0.237 e. The van der Waals surface area contributed by atoms with Gasteiger partial charge >= 0.3 is 0 Å². The molecule has 0 radical (unpaired) electrons. The molecular weight excluding hydrogens is 314 g/mol. The maximum atomic E-state index is 12.5. The van der Waals surface area contributed by atoms with E-state index in [2.05, 4.69) is 21.7 Å². The number of pyridine rings is 1. The zero-order valence-corrected chi connectivity index (χ0v) is 13.9. The summed E-state index contributed by atoms with van der Waals surface area (Å²) in [6, 6.07) is 5.45. The zero-order valence-electron chi connectivity index (χ0n) is 13.1. The summed E-state index contributed by atoms with van der Waals surface area (Å²) in [6.07, 6.45) is 7.11. The molecular formula is C15H21N5O2S. The third kappa shape index (κ3) is 3.77. The highest BCUT2D eigenvalue weighted by Crippen LogP contribution is 2.18. The second-order valence-electron chi connectivity index (χ2n) is 5.87. The summed E-state index contributed by atoms with van der Waals surface area (Å²) in [5.41, 5.74) is 0.782. The van der Waals surface area contributed by atoms with E-state index >= 15 is 0 Å². The van der Waals surface area contributed by atoms with Gasteiger partial charge in [-0.1, -0.05) is 13.0 Å². The summed E-state index contributed by atoms with van der Waals surface area (Å²) in [5, 5.41) is 4.16. The highest BCUT2D eigenvalue weighted by molar-refractivity contribution is 7.87. The van der Waals surface area contributed by atoms with E-state index in [1.165, 1.54) is 4.31 Å². The van der Waals surface area contributed by atoms with Crippen molar-refractivity contribution >= 4 is 10.2 Å². The molecule has 3 rings (SSSR count). The Bertz CT molecular complexity index is 745. The SMILES string of the molecule is CC1CCCN(S(=O)(=O)NCc2cccnc2-n2cccn2)C1. The Labute approximate surface area is 136 Å². The molecule has 1 fully saturated rings. The molecule has 1 unspecified atom stereocenters. The molecule has 1 atom stereocenters. The molecule has 0 spiro atoms. The number of rotatable bonds is 5. The Morgan fingerprint density at radius 1 is 1.35 bits per heavy atom. The van der Waals surface area contributed by atoms with Crippen LogP contribution in [0, 0.1) is 5.92 Å². The van der Waals surface area contributed by atoms with E-state index in [1.807, 2.05) is 6.07 Å². The summed E-state index contributed by atoms with van der Waals surface area (Å²) >= 11 is 0. The van der Waals surface area contributed by atoms with Crippen molar-refractivity contribution in [2.75, 3.05) is 13.1 Å². The van der Waals surface area contributed by atoms with E-state index in [9.17, 15) is 8.42 Å². The Morgan fingerprint density at radius 2 is 2.22 bits per heavy atom. The van der Waals surface area contributed by atoms with E-state index in [-0.39, 0.29) is 6.54 Å². The topological polar surface area (TPSA) is 80.1 Å². The lowest BCUT2D eigenvalue weighted by Crippen LogP contribution is -2.45. The molecule has 1 aliphatic heterocycles. The predicted octanol–water partition coefficient (Wildman–Crippen LogP) is 1.33. The third-order valence-electron chi connectivity index (χ3n) is 3.99. The molecule has 23 heavy (non-hydrogen) atoms. The molecule has 0 amide bonds. The Morgan fingerprint density at radius 3 is 2.96 bits per heavy atom. The maximum Gasteiger partial charge on any atom is 0.279 e. The molecule has 1 N–H and O–H groups in total. The lowest BCUT2D eigenvalue weighted by atomic mass is 10.0. The normalized spacial score (nSPS) is 19.8. The van der Waals surface area contributed by atoms with Gasteiger partial charge in [-0.25, -0.2) is 9.67 Å². The molecule has 7 nitrogen and oxygen atoms in total. The van der Waals surface area contributed by atoms with Gasteiger partial charge in [0.2, 0.25) is 0 Å². The van der Waals surface area contributed by atoms with E-state index in [1.54, 1.807) is 35.4 Å². The minimum Gasteiger partial charge on any atom is -0.237 e. The van der Waals surface area contributed by atoms with Gasteiger partial charge < -0.3 is 0 Å². The zero-order chi connectivity index (χ0) is 16.3. The molecule has 3 heterocycles. The number of piperidine rings is 1. The number of aromatic nitrogens is 3. The molecule has 0 aliphatic carbocycles. The Hall–Kier alpha value is -1.77. The van der Waals surface area contributed by atoms with Crippen LogP contribution in [-0.2, 0) is 16.8 Å². The van der Waals surface area contributed by atoms with Crippen LogP contribution in [0.3, 0.4) is 0 Å². The molecule has 1 aliphatic rings. The first-order valence-electron chi connectivity index (χ1n) is 7.75. The van der Waals surface area contributed by atoms with Crippen molar-refractivity contribution in [1.29, 1.82) is 0 Å². The van der Waals surface area contributed by atoms with Crippen molar-refractivity contribution in [3.63, 3.8) is 0 Å².